The van der Waals surface area contributed by atoms with Gasteiger partial charge in [-0.2, -0.15) is 13.2 Å². The van der Waals surface area contributed by atoms with Crippen molar-refractivity contribution in [2.24, 2.45) is 5.41 Å². The summed E-state index contributed by atoms with van der Waals surface area (Å²) in [5.74, 6) is 0.110. The van der Waals surface area contributed by atoms with Crippen LogP contribution in [0.2, 0.25) is 0 Å². The maximum atomic E-state index is 12.5. The normalized spacial score (nSPS) is 18.8. The highest BCUT2D eigenvalue weighted by Gasteiger charge is 2.34. The number of carbonyl (C=O) groups is 1. The van der Waals surface area contributed by atoms with Gasteiger partial charge in [0.15, 0.2) is 0 Å². The lowest BCUT2D eigenvalue weighted by Gasteiger charge is -2.32. The minimum atomic E-state index is -4.33. The van der Waals surface area contributed by atoms with Crippen molar-refractivity contribution in [2.75, 3.05) is 13.1 Å². The summed E-state index contributed by atoms with van der Waals surface area (Å²) in [6, 6.07) is 4.86. The number of ketones is 1. The standard InChI is InChI=1S/C15H18F3NO/c1-14(6-8-19-9-7-14)13(20)10-11-2-4-12(5-3-11)15(16,17)18/h2-5,19H,6-10H2,1H3. The highest BCUT2D eigenvalue weighted by molar-refractivity contribution is 5.86. The van der Waals surface area contributed by atoms with Crippen molar-refractivity contribution < 1.29 is 18.0 Å². The van der Waals surface area contributed by atoms with E-state index in [2.05, 4.69) is 5.32 Å². The van der Waals surface area contributed by atoms with Crippen LogP contribution in [0.5, 0.6) is 0 Å². The second-order valence-electron chi connectivity index (χ2n) is 5.61. The fourth-order valence-corrected chi connectivity index (χ4v) is 2.47. The fourth-order valence-electron chi connectivity index (χ4n) is 2.47. The molecule has 20 heavy (non-hydrogen) atoms. The van der Waals surface area contributed by atoms with Crippen LogP contribution in [0.15, 0.2) is 24.3 Å². The van der Waals surface area contributed by atoms with Gasteiger partial charge in [-0.1, -0.05) is 19.1 Å². The van der Waals surface area contributed by atoms with Crippen molar-refractivity contribution in [3.8, 4) is 0 Å². The number of benzene rings is 1. The first-order chi connectivity index (χ1) is 9.31. The minimum Gasteiger partial charge on any atom is -0.317 e. The molecule has 1 fully saturated rings. The van der Waals surface area contributed by atoms with E-state index in [0.717, 1.165) is 38.1 Å². The highest BCUT2D eigenvalue weighted by atomic mass is 19.4. The zero-order valence-corrected chi connectivity index (χ0v) is 11.4. The van der Waals surface area contributed by atoms with Crippen LogP contribution < -0.4 is 5.32 Å². The Labute approximate surface area is 116 Å². The molecule has 0 aromatic heterocycles. The Hall–Kier alpha value is -1.36. The molecule has 1 aliphatic heterocycles. The quantitative estimate of drug-likeness (QED) is 0.924. The van der Waals surface area contributed by atoms with Crippen molar-refractivity contribution in [3.05, 3.63) is 35.4 Å². The summed E-state index contributed by atoms with van der Waals surface area (Å²) in [6.07, 6.45) is -2.56. The summed E-state index contributed by atoms with van der Waals surface area (Å²) in [6.45, 7) is 3.57. The van der Waals surface area contributed by atoms with Gasteiger partial charge in [0, 0.05) is 11.8 Å². The monoisotopic (exact) mass is 285 g/mol. The number of carbonyl (C=O) groups excluding carboxylic acids is 1. The van der Waals surface area contributed by atoms with Gasteiger partial charge in [0.1, 0.15) is 5.78 Å². The van der Waals surface area contributed by atoms with E-state index < -0.39 is 11.7 Å². The van der Waals surface area contributed by atoms with Gasteiger partial charge < -0.3 is 5.32 Å². The second-order valence-corrected chi connectivity index (χ2v) is 5.61. The number of alkyl halides is 3. The van der Waals surface area contributed by atoms with E-state index in [9.17, 15) is 18.0 Å². The molecule has 1 N–H and O–H groups in total. The average molecular weight is 285 g/mol. The molecule has 0 bridgehead atoms. The Morgan fingerprint density at radius 3 is 2.25 bits per heavy atom. The maximum Gasteiger partial charge on any atom is 0.416 e. The molecule has 0 saturated carbocycles. The number of hydrogen-bond donors (Lipinski definition) is 1. The van der Waals surface area contributed by atoms with Gasteiger partial charge in [0.25, 0.3) is 0 Å². The van der Waals surface area contributed by atoms with Gasteiger partial charge in [-0.3, -0.25) is 4.79 Å². The molecule has 1 aromatic carbocycles. The van der Waals surface area contributed by atoms with Crippen LogP contribution in [0.3, 0.4) is 0 Å². The first-order valence-corrected chi connectivity index (χ1v) is 6.71. The lowest BCUT2D eigenvalue weighted by Crippen LogP contribution is -2.40. The van der Waals surface area contributed by atoms with Gasteiger partial charge in [-0.05, 0) is 43.6 Å². The smallest absolute Gasteiger partial charge is 0.317 e. The third-order valence-corrected chi connectivity index (χ3v) is 4.03. The number of Topliss-reactive ketones (excluding diaryl/α,β-unsaturated/α-hetero) is 1. The molecular formula is C15H18F3NO. The third kappa shape index (κ3) is 3.39. The number of piperidine rings is 1. The van der Waals surface area contributed by atoms with E-state index in [1.54, 1.807) is 0 Å². The summed E-state index contributed by atoms with van der Waals surface area (Å²) in [4.78, 5) is 12.3. The Balaban J connectivity index is 2.04. The van der Waals surface area contributed by atoms with Crippen LogP contribution in [-0.4, -0.2) is 18.9 Å². The van der Waals surface area contributed by atoms with Gasteiger partial charge >= 0.3 is 6.18 Å². The molecular weight excluding hydrogens is 267 g/mol. The van der Waals surface area contributed by atoms with Crippen LogP contribution in [0.1, 0.15) is 30.9 Å². The molecule has 0 aliphatic carbocycles. The summed E-state index contributed by atoms with van der Waals surface area (Å²) < 4.78 is 37.4. The Morgan fingerprint density at radius 1 is 1.20 bits per heavy atom. The van der Waals surface area contributed by atoms with Crippen LogP contribution >= 0.6 is 0 Å². The highest BCUT2D eigenvalue weighted by Crippen LogP contribution is 2.32. The number of hydrogen-bond acceptors (Lipinski definition) is 2. The fraction of sp³-hybridized carbons (Fsp3) is 0.533. The molecule has 1 aliphatic rings. The van der Waals surface area contributed by atoms with E-state index in [1.807, 2.05) is 6.92 Å². The van der Waals surface area contributed by atoms with E-state index in [1.165, 1.54) is 12.1 Å². The van der Waals surface area contributed by atoms with Crippen LogP contribution in [-0.2, 0) is 17.4 Å². The molecule has 0 unspecified atom stereocenters. The zero-order chi connectivity index (χ0) is 14.8. The van der Waals surface area contributed by atoms with Crippen molar-refractivity contribution in [1.29, 1.82) is 0 Å². The first-order valence-electron chi connectivity index (χ1n) is 6.71. The topological polar surface area (TPSA) is 29.1 Å². The molecule has 2 nitrogen and oxygen atoms in total. The van der Waals surface area contributed by atoms with Gasteiger partial charge in [-0.25, -0.2) is 0 Å². The molecule has 0 atom stereocenters. The SMILES string of the molecule is CC1(C(=O)Cc2ccc(C(F)(F)F)cc2)CCNCC1. The molecule has 5 heteroatoms. The number of rotatable bonds is 3. The van der Waals surface area contributed by atoms with Crippen LogP contribution in [0.4, 0.5) is 13.2 Å². The molecule has 1 heterocycles. The summed E-state index contributed by atoms with van der Waals surface area (Å²) in [5, 5.41) is 3.21. The Kier molecular flexibility index (Phi) is 4.18. The van der Waals surface area contributed by atoms with E-state index in [0.29, 0.717) is 5.56 Å². The van der Waals surface area contributed by atoms with Crippen molar-refractivity contribution in [3.63, 3.8) is 0 Å². The molecule has 2 rings (SSSR count). The largest absolute Gasteiger partial charge is 0.416 e. The van der Waals surface area contributed by atoms with Crippen molar-refractivity contribution in [2.45, 2.75) is 32.4 Å². The lowest BCUT2D eigenvalue weighted by molar-refractivity contribution is -0.137. The molecule has 0 radical (unpaired) electrons. The predicted molar refractivity (Wildman–Crippen MR) is 70.4 cm³/mol. The number of nitrogens with one attached hydrogen (secondary N) is 1. The molecule has 110 valence electrons. The Morgan fingerprint density at radius 2 is 1.75 bits per heavy atom. The third-order valence-electron chi connectivity index (χ3n) is 4.03. The maximum absolute atomic E-state index is 12.5. The van der Waals surface area contributed by atoms with Gasteiger partial charge in [-0.15, -0.1) is 0 Å². The van der Waals surface area contributed by atoms with Crippen molar-refractivity contribution >= 4 is 5.78 Å². The molecule has 0 spiro atoms. The van der Waals surface area contributed by atoms with Gasteiger partial charge in [0.05, 0.1) is 5.56 Å². The average Bonchev–Trinajstić information content (AvgIpc) is 2.39. The summed E-state index contributed by atoms with van der Waals surface area (Å²) in [5.41, 5.74) is -0.391. The Bertz CT molecular complexity index is 473. The van der Waals surface area contributed by atoms with Crippen LogP contribution in [0, 0.1) is 5.41 Å². The van der Waals surface area contributed by atoms with E-state index in [4.69, 9.17) is 0 Å². The summed E-state index contributed by atoms with van der Waals surface area (Å²) in [7, 11) is 0. The van der Waals surface area contributed by atoms with E-state index >= 15 is 0 Å². The zero-order valence-electron chi connectivity index (χ0n) is 11.4. The van der Waals surface area contributed by atoms with E-state index in [-0.39, 0.29) is 17.6 Å². The molecule has 1 saturated heterocycles. The predicted octanol–water partition coefficient (Wildman–Crippen LogP) is 3.21. The van der Waals surface area contributed by atoms with Gasteiger partial charge in [0.2, 0.25) is 0 Å². The molecule has 1 aromatic rings. The van der Waals surface area contributed by atoms with Crippen molar-refractivity contribution in [1.82, 2.24) is 5.32 Å². The lowest BCUT2D eigenvalue weighted by atomic mass is 9.75. The first kappa shape index (κ1) is 15.0. The molecule has 0 amide bonds. The van der Waals surface area contributed by atoms with Crippen LogP contribution in [0.25, 0.3) is 0 Å². The number of halogens is 3. The second kappa shape index (κ2) is 5.56. The minimum absolute atomic E-state index is 0.110. The summed E-state index contributed by atoms with van der Waals surface area (Å²) >= 11 is 0.